The zero-order valence-corrected chi connectivity index (χ0v) is 12.1. The van der Waals surface area contributed by atoms with E-state index in [2.05, 4.69) is 4.90 Å². The highest BCUT2D eigenvalue weighted by atomic mass is 19.1. The predicted octanol–water partition coefficient (Wildman–Crippen LogP) is 3.86. The van der Waals surface area contributed by atoms with Crippen LogP contribution in [0.25, 0.3) is 0 Å². The Kier molecular flexibility index (Phi) is 4.56. The maximum Gasteiger partial charge on any atom is 0.123 e. The molecule has 3 heteroatoms. The molecule has 20 heavy (non-hydrogen) atoms. The van der Waals surface area contributed by atoms with Crippen molar-refractivity contribution < 1.29 is 9.13 Å². The molecular formula is C17H24FNO. The molecule has 1 atom stereocenters. The maximum atomic E-state index is 12.8. The molecule has 0 aromatic heterocycles. The minimum atomic E-state index is -0.208. The van der Waals surface area contributed by atoms with E-state index >= 15 is 0 Å². The predicted molar refractivity (Wildman–Crippen MR) is 78.4 cm³/mol. The number of benzene rings is 1. The van der Waals surface area contributed by atoms with Gasteiger partial charge in [0.25, 0.3) is 0 Å². The number of rotatable bonds is 6. The molecule has 2 fully saturated rings. The van der Waals surface area contributed by atoms with Crippen LogP contribution in [0.2, 0.25) is 0 Å². The van der Waals surface area contributed by atoms with Crippen LogP contribution in [0.1, 0.15) is 38.5 Å². The van der Waals surface area contributed by atoms with Crippen molar-refractivity contribution in [1.82, 2.24) is 4.90 Å². The number of likely N-dealkylation sites (tertiary alicyclic amines) is 1. The molecule has 3 rings (SSSR count). The molecule has 1 aliphatic heterocycles. The lowest BCUT2D eigenvalue weighted by molar-refractivity contribution is 0.118. The van der Waals surface area contributed by atoms with E-state index in [0.717, 1.165) is 24.7 Å². The van der Waals surface area contributed by atoms with Crippen LogP contribution in [0, 0.1) is 11.7 Å². The first-order valence-electron chi connectivity index (χ1n) is 7.94. The molecule has 0 spiro atoms. The van der Waals surface area contributed by atoms with Crippen LogP contribution in [0.4, 0.5) is 4.39 Å². The van der Waals surface area contributed by atoms with Crippen LogP contribution in [0.5, 0.6) is 5.75 Å². The van der Waals surface area contributed by atoms with Gasteiger partial charge in [0.15, 0.2) is 0 Å². The van der Waals surface area contributed by atoms with Gasteiger partial charge in [-0.3, -0.25) is 4.90 Å². The summed E-state index contributed by atoms with van der Waals surface area (Å²) in [5.41, 5.74) is 0. The summed E-state index contributed by atoms with van der Waals surface area (Å²) in [7, 11) is 0. The normalized spacial score (nSPS) is 23.8. The van der Waals surface area contributed by atoms with Gasteiger partial charge in [0, 0.05) is 12.6 Å². The number of hydrogen-bond donors (Lipinski definition) is 0. The van der Waals surface area contributed by atoms with Crippen LogP contribution in [-0.2, 0) is 0 Å². The van der Waals surface area contributed by atoms with E-state index in [0.29, 0.717) is 6.04 Å². The molecule has 1 saturated carbocycles. The van der Waals surface area contributed by atoms with Gasteiger partial charge in [-0.05, 0) is 68.8 Å². The van der Waals surface area contributed by atoms with E-state index in [1.165, 1.54) is 57.3 Å². The summed E-state index contributed by atoms with van der Waals surface area (Å²) in [6.07, 6.45) is 7.94. The third kappa shape index (κ3) is 3.95. The maximum absolute atomic E-state index is 12.8. The molecule has 1 unspecified atom stereocenters. The summed E-state index contributed by atoms with van der Waals surface area (Å²) in [5.74, 6) is 1.53. The zero-order valence-electron chi connectivity index (χ0n) is 12.1. The Hall–Kier alpha value is -1.09. The zero-order chi connectivity index (χ0) is 13.8. The highest BCUT2D eigenvalue weighted by Crippen LogP contribution is 2.32. The Morgan fingerprint density at radius 2 is 1.90 bits per heavy atom. The van der Waals surface area contributed by atoms with Crippen molar-refractivity contribution in [2.24, 2.45) is 5.92 Å². The molecular weight excluding hydrogens is 253 g/mol. The topological polar surface area (TPSA) is 12.5 Å². The van der Waals surface area contributed by atoms with Gasteiger partial charge in [0.2, 0.25) is 0 Å². The monoisotopic (exact) mass is 277 g/mol. The highest BCUT2D eigenvalue weighted by Gasteiger charge is 2.29. The van der Waals surface area contributed by atoms with Gasteiger partial charge >= 0.3 is 0 Å². The summed E-state index contributed by atoms with van der Waals surface area (Å²) in [6, 6.07) is 7.01. The first-order chi connectivity index (χ1) is 9.81. The number of ether oxygens (including phenoxy) is 1. The Balaban J connectivity index is 1.44. The van der Waals surface area contributed by atoms with Gasteiger partial charge in [-0.15, -0.1) is 0 Å². The summed E-state index contributed by atoms with van der Waals surface area (Å²) < 4.78 is 18.6. The van der Waals surface area contributed by atoms with Gasteiger partial charge in [-0.25, -0.2) is 4.39 Å². The molecule has 0 amide bonds. The molecule has 1 aliphatic carbocycles. The van der Waals surface area contributed by atoms with Gasteiger partial charge in [-0.1, -0.05) is 6.42 Å². The summed E-state index contributed by atoms with van der Waals surface area (Å²) in [6.45, 7) is 3.29. The first kappa shape index (κ1) is 13.9. The van der Waals surface area contributed by atoms with E-state index in [4.69, 9.17) is 4.74 Å². The molecule has 1 saturated heterocycles. The van der Waals surface area contributed by atoms with Gasteiger partial charge in [0.05, 0.1) is 6.61 Å². The fourth-order valence-corrected chi connectivity index (χ4v) is 3.10. The average molecular weight is 277 g/mol. The van der Waals surface area contributed by atoms with E-state index in [-0.39, 0.29) is 5.82 Å². The molecule has 0 bridgehead atoms. The number of nitrogens with zero attached hydrogens (tertiary/aromatic N) is 1. The summed E-state index contributed by atoms with van der Waals surface area (Å²) >= 11 is 0. The standard InChI is InChI=1S/C17H24FNO/c18-15-6-8-17(9-7-15)20-12-10-16-3-1-2-11-19(16)13-14-4-5-14/h6-9,14,16H,1-5,10-13H2. The van der Waals surface area contributed by atoms with Gasteiger partial charge in [-0.2, -0.15) is 0 Å². The van der Waals surface area contributed by atoms with Gasteiger partial charge in [0.1, 0.15) is 11.6 Å². The number of halogens is 1. The van der Waals surface area contributed by atoms with E-state index in [9.17, 15) is 4.39 Å². The third-order valence-electron chi connectivity index (χ3n) is 4.47. The van der Waals surface area contributed by atoms with Crippen molar-refractivity contribution >= 4 is 0 Å². The van der Waals surface area contributed by atoms with Crippen LogP contribution in [0.15, 0.2) is 24.3 Å². The quantitative estimate of drug-likeness (QED) is 0.783. The molecule has 2 aliphatic rings. The number of hydrogen-bond acceptors (Lipinski definition) is 2. The molecule has 2 nitrogen and oxygen atoms in total. The second-order valence-electron chi connectivity index (χ2n) is 6.18. The molecule has 0 radical (unpaired) electrons. The van der Waals surface area contributed by atoms with Crippen LogP contribution >= 0.6 is 0 Å². The van der Waals surface area contributed by atoms with Crippen molar-refractivity contribution in [3.8, 4) is 5.75 Å². The minimum absolute atomic E-state index is 0.208. The Morgan fingerprint density at radius 3 is 2.65 bits per heavy atom. The lowest BCUT2D eigenvalue weighted by atomic mass is 9.99. The molecule has 0 N–H and O–H groups in total. The fraction of sp³-hybridized carbons (Fsp3) is 0.647. The molecule has 1 heterocycles. The molecule has 1 aromatic rings. The first-order valence-corrected chi connectivity index (χ1v) is 7.94. The third-order valence-corrected chi connectivity index (χ3v) is 4.47. The highest BCUT2D eigenvalue weighted by molar-refractivity contribution is 5.21. The average Bonchev–Trinajstić information content (AvgIpc) is 3.27. The Bertz CT molecular complexity index is 416. The smallest absolute Gasteiger partial charge is 0.123 e. The van der Waals surface area contributed by atoms with Gasteiger partial charge < -0.3 is 4.74 Å². The van der Waals surface area contributed by atoms with Crippen LogP contribution < -0.4 is 4.74 Å². The van der Waals surface area contributed by atoms with Crippen LogP contribution in [-0.4, -0.2) is 30.6 Å². The Labute approximate surface area is 120 Å². The fourth-order valence-electron chi connectivity index (χ4n) is 3.10. The number of piperidine rings is 1. The molecule has 110 valence electrons. The lowest BCUT2D eigenvalue weighted by Crippen LogP contribution is -2.41. The Morgan fingerprint density at radius 1 is 1.10 bits per heavy atom. The van der Waals surface area contributed by atoms with E-state index in [1.807, 2.05) is 0 Å². The summed E-state index contributed by atoms with van der Waals surface area (Å²) in [5, 5.41) is 0. The van der Waals surface area contributed by atoms with Crippen LogP contribution in [0.3, 0.4) is 0 Å². The van der Waals surface area contributed by atoms with Crippen molar-refractivity contribution in [1.29, 1.82) is 0 Å². The second-order valence-corrected chi connectivity index (χ2v) is 6.18. The second kappa shape index (κ2) is 6.57. The van der Waals surface area contributed by atoms with Crippen molar-refractivity contribution in [2.45, 2.75) is 44.6 Å². The molecule has 1 aromatic carbocycles. The van der Waals surface area contributed by atoms with Crippen molar-refractivity contribution in [3.05, 3.63) is 30.1 Å². The van der Waals surface area contributed by atoms with E-state index < -0.39 is 0 Å². The minimum Gasteiger partial charge on any atom is -0.494 e. The van der Waals surface area contributed by atoms with E-state index in [1.54, 1.807) is 12.1 Å². The van der Waals surface area contributed by atoms with Crippen molar-refractivity contribution in [3.63, 3.8) is 0 Å². The lowest BCUT2D eigenvalue weighted by Gasteiger charge is -2.35. The van der Waals surface area contributed by atoms with Crippen molar-refractivity contribution in [2.75, 3.05) is 19.7 Å². The summed E-state index contributed by atoms with van der Waals surface area (Å²) in [4.78, 5) is 2.68. The largest absolute Gasteiger partial charge is 0.494 e. The SMILES string of the molecule is Fc1ccc(OCCC2CCCCN2CC2CC2)cc1.